The topological polar surface area (TPSA) is 54.9 Å². The van der Waals surface area contributed by atoms with E-state index in [1.165, 1.54) is 18.4 Å². The summed E-state index contributed by atoms with van der Waals surface area (Å²) >= 11 is 0. The van der Waals surface area contributed by atoms with Crippen LogP contribution in [0.5, 0.6) is 11.5 Å². The van der Waals surface area contributed by atoms with Crippen LogP contribution in [0.25, 0.3) is 0 Å². The zero-order valence-electron chi connectivity index (χ0n) is 21.0. The quantitative estimate of drug-likeness (QED) is 0.454. The highest BCUT2D eigenvalue weighted by atomic mass is 16.5. The molecule has 0 radical (unpaired) electrons. The number of methoxy groups -OCH3 is 1. The second-order valence-corrected chi connectivity index (χ2v) is 9.77. The maximum Gasteiger partial charge on any atom is 0.227 e. The van der Waals surface area contributed by atoms with Gasteiger partial charge in [-0.05, 0) is 67.5 Å². The number of pyridine rings is 1. The van der Waals surface area contributed by atoms with Crippen molar-refractivity contribution in [3.63, 3.8) is 0 Å². The third-order valence-corrected chi connectivity index (χ3v) is 7.33. The summed E-state index contributed by atoms with van der Waals surface area (Å²) in [5.74, 6) is 1.76. The molecule has 3 aromatic rings. The predicted octanol–water partition coefficient (Wildman–Crippen LogP) is 4.91. The lowest BCUT2D eigenvalue weighted by atomic mass is 10.0. The van der Waals surface area contributed by atoms with Crippen LogP contribution in [0.3, 0.4) is 0 Å². The summed E-state index contributed by atoms with van der Waals surface area (Å²) in [7, 11) is 1.69. The number of aromatic nitrogens is 1. The van der Waals surface area contributed by atoms with Crippen LogP contribution >= 0.6 is 0 Å². The van der Waals surface area contributed by atoms with E-state index in [0.29, 0.717) is 13.0 Å². The molecule has 2 fully saturated rings. The molecule has 0 bridgehead atoms. The Hall–Kier alpha value is -3.54. The first-order valence-electron chi connectivity index (χ1n) is 13.0. The minimum Gasteiger partial charge on any atom is -0.493 e. The molecule has 0 N–H and O–H groups in total. The molecular formula is C30H35N3O3. The molecule has 36 heavy (non-hydrogen) atoms. The van der Waals surface area contributed by atoms with Gasteiger partial charge in [-0.3, -0.25) is 9.78 Å². The molecule has 5 rings (SSSR count). The highest BCUT2D eigenvalue weighted by Gasteiger charge is 2.31. The molecule has 0 spiro atoms. The van der Waals surface area contributed by atoms with Crippen LogP contribution in [0.15, 0.2) is 73.1 Å². The van der Waals surface area contributed by atoms with E-state index in [9.17, 15) is 4.79 Å². The van der Waals surface area contributed by atoms with Gasteiger partial charge in [-0.2, -0.15) is 0 Å². The average molecular weight is 486 g/mol. The van der Waals surface area contributed by atoms with Gasteiger partial charge in [0.2, 0.25) is 5.91 Å². The molecule has 0 unspecified atom stereocenters. The number of ether oxygens (including phenoxy) is 2. The van der Waals surface area contributed by atoms with Crippen LogP contribution in [0.1, 0.15) is 36.8 Å². The van der Waals surface area contributed by atoms with Crippen LogP contribution in [0.2, 0.25) is 0 Å². The number of anilines is 1. The Bertz CT molecular complexity index is 1130. The van der Waals surface area contributed by atoms with Gasteiger partial charge in [0.1, 0.15) is 0 Å². The van der Waals surface area contributed by atoms with E-state index in [0.717, 1.165) is 55.1 Å². The van der Waals surface area contributed by atoms with Gasteiger partial charge in [0.05, 0.1) is 25.7 Å². The van der Waals surface area contributed by atoms with Gasteiger partial charge in [-0.1, -0.05) is 30.3 Å². The number of nitrogens with zero attached hydrogens (tertiary/aromatic N) is 3. The van der Waals surface area contributed by atoms with Crippen molar-refractivity contribution in [2.24, 2.45) is 0 Å². The summed E-state index contributed by atoms with van der Waals surface area (Å²) < 4.78 is 12.0. The lowest BCUT2D eigenvalue weighted by molar-refractivity contribution is -0.133. The number of benzene rings is 2. The molecule has 2 aromatic carbocycles. The number of amides is 1. The fourth-order valence-corrected chi connectivity index (χ4v) is 5.40. The third kappa shape index (κ3) is 5.81. The second kappa shape index (κ2) is 11.5. The molecule has 1 saturated carbocycles. The number of hydrogen-bond donors (Lipinski definition) is 0. The van der Waals surface area contributed by atoms with Gasteiger partial charge in [0, 0.05) is 43.8 Å². The van der Waals surface area contributed by atoms with Crippen molar-refractivity contribution in [1.82, 2.24) is 9.88 Å². The summed E-state index contributed by atoms with van der Waals surface area (Å²) in [6.07, 6.45) is 9.63. The van der Waals surface area contributed by atoms with Gasteiger partial charge in [-0.15, -0.1) is 0 Å². The molecular weight excluding hydrogens is 450 g/mol. The molecule has 6 nitrogen and oxygen atoms in total. The zero-order valence-corrected chi connectivity index (χ0v) is 21.0. The molecule has 2 aliphatic rings. The maximum absolute atomic E-state index is 13.4. The molecule has 1 saturated heterocycles. The largest absolute Gasteiger partial charge is 0.493 e. The zero-order chi connectivity index (χ0) is 24.7. The number of hydrogen-bond acceptors (Lipinski definition) is 5. The lowest BCUT2D eigenvalue weighted by Gasteiger charge is -2.43. The predicted molar refractivity (Wildman–Crippen MR) is 142 cm³/mol. The van der Waals surface area contributed by atoms with Crippen LogP contribution in [-0.2, 0) is 17.6 Å². The summed E-state index contributed by atoms with van der Waals surface area (Å²) in [4.78, 5) is 21.9. The van der Waals surface area contributed by atoms with E-state index >= 15 is 0 Å². The van der Waals surface area contributed by atoms with Crippen LogP contribution < -0.4 is 14.4 Å². The molecule has 1 aliphatic heterocycles. The number of rotatable bonds is 8. The SMILES string of the molecule is COc1ccc(N2CCN(C(=O)Cc3ccncc3)[C@@H](Cc3ccccc3)C2)cc1OC1CCCC1. The smallest absolute Gasteiger partial charge is 0.227 e. The van der Waals surface area contributed by atoms with Crippen molar-refractivity contribution in [3.8, 4) is 11.5 Å². The fraction of sp³-hybridized carbons (Fsp3) is 0.400. The minimum absolute atomic E-state index is 0.0804. The number of carbonyl (C=O) groups excluding carboxylic acids is 1. The van der Waals surface area contributed by atoms with Gasteiger partial charge in [0.15, 0.2) is 11.5 Å². The van der Waals surface area contributed by atoms with E-state index in [1.807, 2.05) is 24.3 Å². The molecule has 6 heteroatoms. The molecule has 1 aromatic heterocycles. The molecule has 188 valence electrons. The fourth-order valence-electron chi connectivity index (χ4n) is 5.40. The van der Waals surface area contributed by atoms with Gasteiger partial charge in [-0.25, -0.2) is 0 Å². The monoisotopic (exact) mass is 485 g/mol. The summed E-state index contributed by atoms with van der Waals surface area (Å²) in [6.45, 7) is 2.24. The normalized spacial score (nSPS) is 18.3. The van der Waals surface area contributed by atoms with E-state index < -0.39 is 0 Å². The molecule has 1 atom stereocenters. The van der Waals surface area contributed by atoms with Gasteiger partial charge >= 0.3 is 0 Å². The number of piperazine rings is 1. The van der Waals surface area contributed by atoms with Crippen molar-refractivity contribution in [1.29, 1.82) is 0 Å². The molecule has 1 amide bonds. The van der Waals surface area contributed by atoms with Crippen LogP contribution in [0, 0.1) is 0 Å². The molecule has 2 heterocycles. The Balaban J connectivity index is 1.35. The van der Waals surface area contributed by atoms with E-state index in [-0.39, 0.29) is 18.1 Å². The first-order valence-corrected chi connectivity index (χ1v) is 13.0. The standard InChI is InChI=1S/C30H35N3O3/c1-35-28-12-11-25(21-29(28)36-27-9-5-6-10-27)32-17-18-33(30(34)20-24-13-15-31-16-14-24)26(22-32)19-23-7-3-2-4-8-23/h2-4,7-8,11-16,21,26-27H,5-6,9-10,17-20,22H2,1H3/t26-/m0/s1. The first-order chi connectivity index (χ1) is 17.7. The van der Waals surface area contributed by atoms with Crippen molar-refractivity contribution in [2.45, 2.75) is 50.7 Å². The summed E-state index contributed by atoms with van der Waals surface area (Å²) in [5.41, 5.74) is 3.36. The maximum atomic E-state index is 13.4. The Morgan fingerprint density at radius 3 is 2.47 bits per heavy atom. The van der Waals surface area contributed by atoms with Crippen molar-refractivity contribution >= 4 is 11.6 Å². The van der Waals surface area contributed by atoms with Crippen LogP contribution in [-0.4, -0.2) is 54.7 Å². The van der Waals surface area contributed by atoms with Gasteiger partial charge < -0.3 is 19.3 Å². The lowest BCUT2D eigenvalue weighted by Crippen LogP contribution is -2.56. The van der Waals surface area contributed by atoms with Crippen molar-refractivity contribution in [3.05, 3.63) is 84.2 Å². The van der Waals surface area contributed by atoms with E-state index in [2.05, 4.69) is 51.2 Å². The van der Waals surface area contributed by atoms with E-state index in [1.54, 1.807) is 19.5 Å². The summed E-state index contributed by atoms with van der Waals surface area (Å²) in [6, 6.07) is 20.6. The van der Waals surface area contributed by atoms with E-state index in [4.69, 9.17) is 9.47 Å². The first kappa shape index (κ1) is 24.2. The summed E-state index contributed by atoms with van der Waals surface area (Å²) in [5, 5.41) is 0. The Kier molecular flexibility index (Phi) is 7.70. The molecule has 1 aliphatic carbocycles. The van der Waals surface area contributed by atoms with Crippen molar-refractivity contribution < 1.29 is 14.3 Å². The average Bonchev–Trinajstić information content (AvgIpc) is 3.43. The Morgan fingerprint density at radius 1 is 0.944 bits per heavy atom. The van der Waals surface area contributed by atoms with Crippen molar-refractivity contribution in [2.75, 3.05) is 31.6 Å². The highest BCUT2D eigenvalue weighted by molar-refractivity contribution is 5.79. The number of carbonyl (C=O) groups is 1. The second-order valence-electron chi connectivity index (χ2n) is 9.77. The third-order valence-electron chi connectivity index (χ3n) is 7.33. The Morgan fingerprint density at radius 2 is 1.72 bits per heavy atom. The Labute approximate surface area is 213 Å². The van der Waals surface area contributed by atoms with Gasteiger partial charge in [0.25, 0.3) is 0 Å². The van der Waals surface area contributed by atoms with Crippen LogP contribution in [0.4, 0.5) is 5.69 Å². The highest BCUT2D eigenvalue weighted by Crippen LogP contribution is 2.36. The minimum atomic E-state index is 0.0804.